The highest BCUT2D eigenvalue weighted by molar-refractivity contribution is 6.09. The van der Waals surface area contributed by atoms with Crippen LogP contribution in [0.15, 0.2) is 24.4 Å². The zero-order valence-electron chi connectivity index (χ0n) is 16.1. The summed E-state index contributed by atoms with van der Waals surface area (Å²) in [5, 5.41) is 9.54. The number of nitrogens with zero attached hydrogens (tertiary/aromatic N) is 2. The third-order valence-electron chi connectivity index (χ3n) is 6.75. The number of hydrogen-bond donors (Lipinski definition) is 2. The van der Waals surface area contributed by atoms with Crippen molar-refractivity contribution >= 4 is 22.9 Å². The first-order valence-corrected chi connectivity index (χ1v) is 9.75. The van der Waals surface area contributed by atoms with Gasteiger partial charge in [0.2, 0.25) is 0 Å². The summed E-state index contributed by atoms with van der Waals surface area (Å²) in [7, 11) is 1.44. The zero-order valence-corrected chi connectivity index (χ0v) is 16.1. The molecule has 29 heavy (non-hydrogen) atoms. The van der Waals surface area contributed by atoms with Gasteiger partial charge in [-0.05, 0) is 24.5 Å². The van der Waals surface area contributed by atoms with E-state index in [0.29, 0.717) is 30.0 Å². The van der Waals surface area contributed by atoms with E-state index in [4.69, 9.17) is 10.5 Å². The second kappa shape index (κ2) is 5.95. The predicted octanol–water partition coefficient (Wildman–Crippen LogP) is 2.67. The number of anilines is 2. The number of alkyl halides is 1. The van der Waals surface area contributed by atoms with E-state index in [-0.39, 0.29) is 34.8 Å². The van der Waals surface area contributed by atoms with Gasteiger partial charge in [0.05, 0.1) is 24.4 Å². The summed E-state index contributed by atoms with van der Waals surface area (Å²) in [5.41, 5.74) is 7.52. The lowest BCUT2D eigenvalue weighted by Gasteiger charge is -2.34. The number of fused-ring (bicyclic) bond motifs is 1. The third-order valence-corrected chi connectivity index (χ3v) is 6.75. The largest absolute Gasteiger partial charge is 0.492 e. The van der Waals surface area contributed by atoms with Crippen LogP contribution in [0.2, 0.25) is 0 Å². The molecule has 6 nitrogen and oxygen atoms in total. The molecule has 5 rings (SSSR count). The van der Waals surface area contributed by atoms with Crippen molar-refractivity contribution in [3.63, 3.8) is 0 Å². The topological polar surface area (TPSA) is 79.0 Å². The lowest BCUT2D eigenvalue weighted by atomic mass is 9.93. The number of hydrogen-bond acceptors (Lipinski definition) is 5. The van der Waals surface area contributed by atoms with Gasteiger partial charge in [-0.15, -0.1) is 0 Å². The van der Waals surface area contributed by atoms with Gasteiger partial charge in [0.1, 0.15) is 11.9 Å². The van der Waals surface area contributed by atoms with E-state index in [9.17, 15) is 14.3 Å². The molecule has 1 saturated heterocycles. The number of carboxylic acid groups (broad SMARTS) is 1. The maximum Gasteiger partial charge on any atom is 0.337 e. The number of rotatable bonds is 4. The second-order valence-electron chi connectivity index (χ2n) is 8.54. The highest BCUT2D eigenvalue weighted by atomic mass is 19.1. The molecule has 2 saturated carbocycles. The van der Waals surface area contributed by atoms with Gasteiger partial charge >= 0.3 is 5.97 Å². The van der Waals surface area contributed by atoms with Gasteiger partial charge in [0.25, 0.3) is 0 Å². The maximum absolute atomic E-state index is 15.3. The zero-order chi connectivity index (χ0) is 20.7. The summed E-state index contributed by atoms with van der Waals surface area (Å²) in [6, 6.07) is 0.752. The van der Waals surface area contributed by atoms with Gasteiger partial charge < -0.3 is 25.4 Å². The van der Waals surface area contributed by atoms with Gasteiger partial charge in [-0.3, -0.25) is 0 Å². The fraction of sp³-hybridized carbons (Fsp3) is 0.476. The summed E-state index contributed by atoms with van der Waals surface area (Å²) in [4.78, 5) is 15.2. The van der Waals surface area contributed by atoms with E-state index in [0.717, 1.165) is 12.8 Å². The van der Waals surface area contributed by atoms with Crippen LogP contribution in [0.1, 0.15) is 24.8 Å². The van der Waals surface area contributed by atoms with Gasteiger partial charge in [0.15, 0.2) is 11.6 Å². The van der Waals surface area contributed by atoms with E-state index < -0.39 is 24.0 Å². The van der Waals surface area contributed by atoms with Gasteiger partial charge in [-0.1, -0.05) is 6.58 Å². The summed E-state index contributed by atoms with van der Waals surface area (Å²) in [6.45, 7) is 5.01. The van der Waals surface area contributed by atoms with Crippen molar-refractivity contribution in [2.24, 2.45) is 11.1 Å². The van der Waals surface area contributed by atoms with Gasteiger partial charge in [-0.2, -0.15) is 0 Å². The Morgan fingerprint density at radius 2 is 2.10 bits per heavy atom. The summed E-state index contributed by atoms with van der Waals surface area (Å²) in [6.07, 6.45) is 2.65. The molecule has 2 aliphatic carbocycles. The lowest BCUT2D eigenvalue weighted by molar-refractivity contribution is -0.132. The number of ether oxygens (including phenoxy) is 1. The number of aliphatic carboxylic acids is 1. The Labute approximate surface area is 167 Å². The fourth-order valence-corrected chi connectivity index (χ4v) is 4.75. The molecule has 3 unspecified atom stereocenters. The number of benzene rings is 1. The van der Waals surface area contributed by atoms with Crippen LogP contribution in [0.25, 0.3) is 5.57 Å². The summed E-state index contributed by atoms with van der Waals surface area (Å²) in [5.74, 6) is -1.44. The van der Waals surface area contributed by atoms with E-state index >= 15 is 4.39 Å². The van der Waals surface area contributed by atoms with Crippen LogP contribution in [-0.4, -0.2) is 49.5 Å². The number of carbonyl (C=O) groups is 1. The van der Waals surface area contributed by atoms with Crippen molar-refractivity contribution in [3.8, 4) is 5.75 Å². The molecular weight excluding hydrogens is 380 g/mol. The average Bonchev–Trinajstić information content (AvgIpc) is 3.56. The normalized spacial score (nSPS) is 29.0. The van der Waals surface area contributed by atoms with Gasteiger partial charge in [-0.25, -0.2) is 13.6 Å². The molecule has 0 amide bonds. The Morgan fingerprint density at radius 1 is 1.41 bits per heavy atom. The molecule has 2 aliphatic heterocycles. The van der Waals surface area contributed by atoms with Crippen LogP contribution in [0.3, 0.4) is 0 Å². The van der Waals surface area contributed by atoms with Crippen molar-refractivity contribution < 1.29 is 23.4 Å². The van der Waals surface area contributed by atoms with E-state index in [2.05, 4.69) is 6.58 Å². The standard InChI is InChI=1S/C21H23F2N3O3/c1-10-11-5-14(23)18(25-8-16(24)21(9-25)3-4-21)19(29-2)17(11)26(15-6-13(15)22)7-12(10)20(27)28/h5,7,13,15-16H,1,3-4,6,8-9,24H2,2H3,(H,27,28). The first-order chi connectivity index (χ1) is 13.8. The Morgan fingerprint density at radius 3 is 2.62 bits per heavy atom. The van der Waals surface area contributed by atoms with E-state index in [1.807, 2.05) is 4.90 Å². The quantitative estimate of drug-likeness (QED) is 0.805. The molecule has 3 fully saturated rings. The maximum atomic E-state index is 15.3. The minimum Gasteiger partial charge on any atom is -0.492 e. The smallest absolute Gasteiger partial charge is 0.337 e. The van der Waals surface area contributed by atoms with Crippen molar-refractivity contribution in [3.05, 3.63) is 35.8 Å². The molecule has 0 bridgehead atoms. The second-order valence-corrected chi connectivity index (χ2v) is 8.54. The minimum atomic E-state index is -1.19. The molecule has 1 spiro atoms. The first-order valence-electron chi connectivity index (χ1n) is 9.75. The van der Waals surface area contributed by atoms with Crippen molar-refractivity contribution in [1.29, 1.82) is 0 Å². The first kappa shape index (κ1) is 18.4. The van der Waals surface area contributed by atoms with E-state index in [1.54, 1.807) is 4.90 Å². The predicted molar refractivity (Wildman–Crippen MR) is 105 cm³/mol. The van der Waals surface area contributed by atoms with Gasteiger partial charge in [0, 0.05) is 42.7 Å². The SMILES string of the molecule is C=C1C(C(=O)O)=CN(C2CC2F)c2c1cc(F)c(N1CC(N)C3(CC3)C1)c2OC. The number of halogens is 2. The monoisotopic (exact) mass is 403 g/mol. The molecular formula is C21H23F2N3O3. The summed E-state index contributed by atoms with van der Waals surface area (Å²) >= 11 is 0. The van der Waals surface area contributed by atoms with Crippen molar-refractivity contribution in [1.82, 2.24) is 0 Å². The third kappa shape index (κ3) is 2.58. The number of carboxylic acids is 1. The molecule has 3 atom stereocenters. The molecule has 0 aromatic heterocycles. The Balaban J connectivity index is 1.67. The fourth-order valence-electron chi connectivity index (χ4n) is 4.75. The number of methoxy groups -OCH3 is 1. The van der Waals surface area contributed by atoms with Crippen LogP contribution >= 0.6 is 0 Å². The highest BCUT2D eigenvalue weighted by Gasteiger charge is 2.54. The molecule has 2 heterocycles. The van der Waals surface area contributed by atoms with E-state index in [1.165, 1.54) is 19.4 Å². The van der Waals surface area contributed by atoms with Crippen LogP contribution in [0.5, 0.6) is 5.75 Å². The van der Waals surface area contributed by atoms with Crippen LogP contribution in [0.4, 0.5) is 20.2 Å². The molecule has 4 aliphatic rings. The Kier molecular flexibility index (Phi) is 3.78. The average molecular weight is 403 g/mol. The molecule has 0 radical (unpaired) electrons. The Hall–Kier alpha value is -2.61. The van der Waals surface area contributed by atoms with Crippen molar-refractivity contribution in [2.45, 2.75) is 37.5 Å². The van der Waals surface area contributed by atoms with Crippen molar-refractivity contribution in [2.75, 3.05) is 30.0 Å². The molecule has 3 N–H and O–H groups in total. The summed E-state index contributed by atoms with van der Waals surface area (Å²) < 4.78 is 35.0. The molecule has 8 heteroatoms. The van der Waals surface area contributed by atoms with Crippen LogP contribution in [0, 0.1) is 11.2 Å². The Bertz CT molecular complexity index is 972. The lowest BCUT2D eigenvalue weighted by Crippen LogP contribution is -2.31. The highest BCUT2D eigenvalue weighted by Crippen LogP contribution is 2.56. The number of nitrogens with two attached hydrogens (primary N) is 1. The molecule has 1 aromatic carbocycles. The van der Waals surface area contributed by atoms with Crippen LogP contribution < -0.4 is 20.3 Å². The molecule has 1 aromatic rings. The minimum absolute atomic E-state index is 0.0353. The molecule has 154 valence electrons. The van der Waals surface area contributed by atoms with Crippen LogP contribution in [-0.2, 0) is 4.79 Å².